The molecule has 3 heteroatoms. The number of hydrogen-bond acceptors (Lipinski definition) is 3. The Morgan fingerprint density at radius 3 is 1.82 bits per heavy atom. The summed E-state index contributed by atoms with van der Waals surface area (Å²) in [5.41, 5.74) is 8.09. The molecule has 0 saturated heterocycles. The summed E-state index contributed by atoms with van der Waals surface area (Å²) in [4.78, 5) is 16.0. The predicted molar refractivity (Wildman–Crippen MR) is 185 cm³/mol. The summed E-state index contributed by atoms with van der Waals surface area (Å²) in [5, 5.41) is 11.3. The number of benzene rings is 8. The van der Waals surface area contributed by atoms with Gasteiger partial charge in [-0.15, -0.1) is 0 Å². The molecule has 0 amide bonds. The van der Waals surface area contributed by atoms with E-state index in [0.29, 0.717) is 11.1 Å². The maximum absolute atomic E-state index is 13.5. The molecule has 8 aromatic carbocycles. The Labute approximate surface area is 259 Å². The predicted octanol–water partition coefficient (Wildman–Crippen LogP) is 11.4. The number of ketones is 1. The van der Waals surface area contributed by atoms with Crippen LogP contribution < -0.4 is 5.32 Å². The van der Waals surface area contributed by atoms with Crippen molar-refractivity contribution >= 4 is 61.2 Å². The quantitative estimate of drug-likeness (QED) is 0.166. The van der Waals surface area contributed by atoms with E-state index in [9.17, 15) is 4.79 Å². The van der Waals surface area contributed by atoms with Crippen LogP contribution in [0.4, 0.5) is 11.4 Å². The Morgan fingerprint density at radius 1 is 0.477 bits per heavy atom. The monoisotopic (exact) mass is 579 g/mol. The second kappa shape index (κ2) is 9.84. The Hall–Kier alpha value is -5.38. The van der Waals surface area contributed by atoms with Crippen LogP contribution in [0.1, 0.15) is 15.9 Å². The maximum atomic E-state index is 13.5. The first-order valence-electron chi connectivity index (χ1n) is 14.8. The SMILES string of the molecule is O=C(c1ccc(-c2cccc3c2Nc2ccccc2S3)cc1)c1ccc(-c2ccc3ccc4cccc5ccc2c3c45)cc1. The van der Waals surface area contributed by atoms with Gasteiger partial charge in [-0.2, -0.15) is 0 Å². The van der Waals surface area contributed by atoms with Gasteiger partial charge in [0.05, 0.1) is 11.4 Å². The van der Waals surface area contributed by atoms with Crippen LogP contribution in [0.25, 0.3) is 54.6 Å². The standard InChI is InChI=1S/C41H25NOS/c43-41(31-19-13-26(14-20-31)33-7-4-10-37-40(33)42-35-8-1-2-9-36(35)44-37)30-17-11-25(12-18-30)32-23-21-29-16-15-27-5-3-6-28-22-24-34(32)39(29)38(27)28/h1-24,42H. The minimum Gasteiger partial charge on any atom is -0.353 e. The van der Waals surface area contributed by atoms with Gasteiger partial charge in [-0.25, -0.2) is 0 Å². The van der Waals surface area contributed by atoms with Gasteiger partial charge < -0.3 is 5.32 Å². The fourth-order valence-electron chi connectivity index (χ4n) is 6.65. The highest BCUT2D eigenvalue weighted by molar-refractivity contribution is 7.99. The van der Waals surface area contributed by atoms with E-state index in [1.54, 1.807) is 11.8 Å². The Balaban J connectivity index is 1.02. The summed E-state index contributed by atoms with van der Waals surface area (Å²) in [6, 6.07) is 50.6. The molecule has 0 bridgehead atoms. The number of fused-ring (bicyclic) bond motifs is 2. The molecule has 0 aliphatic carbocycles. The first-order chi connectivity index (χ1) is 21.7. The van der Waals surface area contributed by atoms with Crippen molar-refractivity contribution in [3.05, 3.63) is 157 Å². The number of nitrogens with one attached hydrogen (secondary N) is 1. The number of hydrogen-bond donors (Lipinski definition) is 1. The smallest absolute Gasteiger partial charge is 0.193 e. The van der Waals surface area contributed by atoms with Crippen LogP contribution in [-0.4, -0.2) is 5.78 Å². The van der Waals surface area contributed by atoms with E-state index >= 15 is 0 Å². The molecule has 8 aromatic rings. The Bertz CT molecular complexity index is 2370. The largest absolute Gasteiger partial charge is 0.353 e. The molecule has 1 heterocycles. The van der Waals surface area contributed by atoms with Gasteiger partial charge in [-0.3, -0.25) is 4.79 Å². The maximum Gasteiger partial charge on any atom is 0.193 e. The molecule has 1 aliphatic heterocycles. The van der Waals surface area contributed by atoms with Crippen LogP contribution >= 0.6 is 11.8 Å². The lowest BCUT2D eigenvalue weighted by Gasteiger charge is -2.23. The van der Waals surface area contributed by atoms with Gasteiger partial charge >= 0.3 is 0 Å². The molecule has 0 atom stereocenters. The van der Waals surface area contributed by atoms with Crippen molar-refractivity contribution in [2.75, 3.05) is 5.32 Å². The zero-order chi connectivity index (χ0) is 29.2. The van der Waals surface area contributed by atoms with Crippen molar-refractivity contribution in [2.24, 2.45) is 0 Å². The third-order valence-electron chi connectivity index (χ3n) is 8.84. The lowest BCUT2D eigenvalue weighted by atomic mass is 9.89. The highest BCUT2D eigenvalue weighted by atomic mass is 32.2. The van der Waals surface area contributed by atoms with E-state index in [-0.39, 0.29) is 5.78 Å². The zero-order valence-electron chi connectivity index (χ0n) is 23.7. The number of anilines is 2. The molecule has 44 heavy (non-hydrogen) atoms. The molecule has 0 saturated carbocycles. The minimum absolute atomic E-state index is 0.0242. The van der Waals surface area contributed by atoms with E-state index in [1.807, 2.05) is 24.3 Å². The second-order valence-electron chi connectivity index (χ2n) is 11.4. The second-order valence-corrected chi connectivity index (χ2v) is 12.4. The molecular weight excluding hydrogens is 555 g/mol. The van der Waals surface area contributed by atoms with Crippen molar-refractivity contribution in [2.45, 2.75) is 9.79 Å². The van der Waals surface area contributed by atoms with Crippen LogP contribution in [0.2, 0.25) is 0 Å². The topological polar surface area (TPSA) is 29.1 Å². The minimum atomic E-state index is 0.0242. The van der Waals surface area contributed by atoms with E-state index in [4.69, 9.17) is 0 Å². The summed E-state index contributed by atoms with van der Waals surface area (Å²) in [6.07, 6.45) is 0. The average molecular weight is 580 g/mol. The summed E-state index contributed by atoms with van der Waals surface area (Å²) in [6.45, 7) is 0. The Morgan fingerprint density at radius 2 is 1.07 bits per heavy atom. The van der Waals surface area contributed by atoms with Crippen LogP contribution in [0.3, 0.4) is 0 Å². The lowest BCUT2D eigenvalue weighted by molar-refractivity contribution is 0.103. The summed E-state index contributed by atoms with van der Waals surface area (Å²) in [7, 11) is 0. The molecule has 1 N–H and O–H groups in total. The average Bonchev–Trinajstić information content (AvgIpc) is 3.09. The van der Waals surface area contributed by atoms with Gasteiger partial charge in [0.2, 0.25) is 0 Å². The van der Waals surface area contributed by atoms with Crippen LogP contribution in [0.5, 0.6) is 0 Å². The van der Waals surface area contributed by atoms with E-state index in [2.05, 4.69) is 127 Å². The van der Waals surface area contributed by atoms with E-state index in [1.165, 1.54) is 47.7 Å². The molecule has 206 valence electrons. The van der Waals surface area contributed by atoms with E-state index < -0.39 is 0 Å². The van der Waals surface area contributed by atoms with Gasteiger partial charge in [0.25, 0.3) is 0 Å². The van der Waals surface area contributed by atoms with Crippen LogP contribution in [-0.2, 0) is 0 Å². The number of rotatable bonds is 4. The highest BCUT2D eigenvalue weighted by Gasteiger charge is 2.19. The molecular formula is C41H25NOS. The fourth-order valence-corrected chi connectivity index (χ4v) is 7.68. The van der Waals surface area contributed by atoms with Gasteiger partial charge in [-0.1, -0.05) is 139 Å². The molecule has 0 aromatic heterocycles. The van der Waals surface area contributed by atoms with Crippen LogP contribution in [0.15, 0.2) is 155 Å². The molecule has 0 fully saturated rings. The van der Waals surface area contributed by atoms with Crippen molar-refractivity contribution in [1.29, 1.82) is 0 Å². The molecule has 2 nitrogen and oxygen atoms in total. The molecule has 1 aliphatic rings. The van der Waals surface area contributed by atoms with Crippen molar-refractivity contribution < 1.29 is 4.79 Å². The third kappa shape index (κ3) is 3.94. The van der Waals surface area contributed by atoms with Gasteiger partial charge in [0.1, 0.15) is 0 Å². The number of carbonyl (C=O) groups excluding carboxylic acids is 1. The lowest BCUT2D eigenvalue weighted by Crippen LogP contribution is -2.02. The van der Waals surface area contributed by atoms with E-state index in [0.717, 1.165) is 28.1 Å². The first-order valence-corrected chi connectivity index (χ1v) is 15.6. The van der Waals surface area contributed by atoms with Crippen molar-refractivity contribution in [1.82, 2.24) is 0 Å². The normalized spacial score (nSPS) is 12.3. The van der Waals surface area contributed by atoms with Crippen molar-refractivity contribution in [3.8, 4) is 22.3 Å². The van der Waals surface area contributed by atoms with Gasteiger partial charge in [0.15, 0.2) is 5.78 Å². The summed E-state index contributed by atoms with van der Waals surface area (Å²) < 4.78 is 0. The summed E-state index contributed by atoms with van der Waals surface area (Å²) in [5.74, 6) is 0.0242. The number of carbonyl (C=O) groups is 1. The first kappa shape index (κ1) is 25.1. The Kier molecular flexibility index (Phi) is 5.62. The molecule has 0 spiro atoms. The number of para-hydroxylation sites is 2. The zero-order valence-corrected chi connectivity index (χ0v) is 24.5. The third-order valence-corrected chi connectivity index (χ3v) is 9.97. The molecule has 0 unspecified atom stereocenters. The van der Waals surface area contributed by atoms with Crippen LogP contribution in [0, 0.1) is 0 Å². The van der Waals surface area contributed by atoms with Gasteiger partial charge in [-0.05, 0) is 67.2 Å². The summed E-state index contributed by atoms with van der Waals surface area (Å²) >= 11 is 1.78. The molecule has 9 rings (SSSR count). The fraction of sp³-hybridized carbons (Fsp3) is 0. The highest BCUT2D eigenvalue weighted by Crippen LogP contribution is 2.47. The van der Waals surface area contributed by atoms with Crippen molar-refractivity contribution in [3.63, 3.8) is 0 Å². The van der Waals surface area contributed by atoms with Gasteiger partial charge in [0, 0.05) is 26.5 Å². The molecule has 0 radical (unpaired) electrons.